The predicted molar refractivity (Wildman–Crippen MR) is 136 cm³/mol. The van der Waals surface area contributed by atoms with Gasteiger partial charge in [0, 0.05) is 19.3 Å². The standard InChI is InChI=1S/2C6H12.2C4H6Br2.C2H6/c2*1-5-3-4-6(5)2;2*5-3-1-2-4(3)6;1-2/h2*5-6H,3-4H2,1-2H3;2*3-4H,1-2H2;1-2H3. The zero-order chi connectivity index (χ0) is 20.3. The average Bonchev–Trinajstić information content (AvgIpc) is 2.70. The lowest BCUT2D eigenvalue weighted by atomic mass is 9.77. The normalized spacial score (nSPS) is 41.8. The SMILES string of the molecule is BrC1CCC1Br.BrC1CCC1Br.CC.CC1CCC1C.CC1CCC1C. The molecule has 4 aliphatic rings. The van der Waals surface area contributed by atoms with Crippen LogP contribution in [0.2, 0.25) is 0 Å². The van der Waals surface area contributed by atoms with E-state index in [0.29, 0.717) is 0 Å². The van der Waals surface area contributed by atoms with Crippen LogP contribution in [0.15, 0.2) is 0 Å². The van der Waals surface area contributed by atoms with E-state index >= 15 is 0 Å². The van der Waals surface area contributed by atoms with Gasteiger partial charge in [-0.25, -0.2) is 0 Å². The molecule has 4 heteroatoms. The van der Waals surface area contributed by atoms with Gasteiger partial charge in [0.05, 0.1) is 0 Å². The molecule has 0 nitrogen and oxygen atoms in total. The molecule has 0 bridgehead atoms. The Morgan fingerprint density at radius 1 is 0.385 bits per heavy atom. The molecule has 0 aromatic rings. The maximum absolute atomic E-state index is 3.48. The third kappa shape index (κ3) is 11.2. The van der Waals surface area contributed by atoms with Gasteiger partial charge < -0.3 is 0 Å². The van der Waals surface area contributed by atoms with Gasteiger partial charge >= 0.3 is 0 Å². The van der Waals surface area contributed by atoms with Crippen LogP contribution in [-0.2, 0) is 0 Å². The number of hydrogen-bond donors (Lipinski definition) is 0. The van der Waals surface area contributed by atoms with E-state index in [9.17, 15) is 0 Å². The van der Waals surface area contributed by atoms with Gasteiger partial charge in [-0.2, -0.15) is 0 Å². The first-order valence-electron chi connectivity index (χ1n) is 10.8. The lowest BCUT2D eigenvalue weighted by Crippen LogP contribution is -2.25. The van der Waals surface area contributed by atoms with E-state index < -0.39 is 0 Å². The Morgan fingerprint density at radius 2 is 0.538 bits per heavy atom. The summed E-state index contributed by atoms with van der Waals surface area (Å²) < 4.78 is 0. The smallest absolute Gasteiger partial charge is 0.0271 e. The third-order valence-corrected chi connectivity index (χ3v) is 12.1. The van der Waals surface area contributed by atoms with Crippen molar-refractivity contribution in [3.05, 3.63) is 0 Å². The van der Waals surface area contributed by atoms with Crippen molar-refractivity contribution in [2.45, 2.75) is 112 Å². The Bertz CT molecular complexity index is 240. The molecule has 8 atom stereocenters. The molecule has 4 rings (SSSR count). The second-order valence-corrected chi connectivity index (χ2v) is 13.0. The fraction of sp³-hybridized carbons (Fsp3) is 1.00. The lowest BCUT2D eigenvalue weighted by Gasteiger charge is -2.29. The molecule has 0 aliphatic heterocycles. The second-order valence-electron chi connectivity index (χ2n) is 8.28. The summed E-state index contributed by atoms with van der Waals surface area (Å²) in [4.78, 5) is 3.05. The van der Waals surface area contributed by atoms with Gasteiger partial charge in [-0.15, -0.1) is 0 Å². The highest BCUT2D eigenvalue weighted by atomic mass is 79.9. The molecule has 0 amide bonds. The molecule has 26 heavy (non-hydrogen) atoms. The highest BCUT2D eigenvalue weighted by Crippen LogP contribution is 2.34. The molecule has 0 saturated heterocycles. The molecule has 0 aromatic heterocycles. The van der Waals surface area contributed by atoms with E-state index in [1.165, 1.54) is 51.4 Å². The fourth-order valence-corrected chi connectivity index (χ4v) is 4.62. The number of halogens is 4. The van der Waals surface area contributed by atoms with Crippen LogP contribution in [0, 0.1) is 23.7 Å². The van der Waals surface area contributed by atoms with Crippen LogP contribution in [-0.4, -0.2) is 19.3 Å². The van der Waals surface area contributed by atoms with Gasteiger partial charge in [0.2, 0.25) is 0 Å². The fourth-order valence-electron chi connectivity index (χ4n) is 2.50. The minimum absolute atomic E-state index is 0.762. The summed E-state index contributed by atoms with van der Waals surface area (Å²) in [6.45, 7) is 13.3. The van der Waals surface area contributed by atoms with E-state index in [2.05, 4.69) is 91.4 Å². The highest BCUT2D eigenvalue weighted by Gasteiger charge is 2.25. The summed E-state index contributed by atoms with van der Waals surface area (Å²) in [5, 5.41) is 0. The average molecular weight is 626 g/mol. The summed E-state index contributed by atoms with van der Waals surface area (Å²) in [6, 6.07) is 0. The van der Waals surface area contributed by atoms with E-state index in [-0.39, 0.29) is 0 Å². The minimum Gasteiger partial charge on any atom is -0.0879 e. The summed E-state index contributed by atoms with van der Waals surface area (Å²) in [5.74, 6) is 4.13. The molecule has 0 heterocycles. The van der Waals surface area contributed by atoms with Crippen LogP contribution in [0.25, 0.3) is 0 Å². The van der Waals surface area contributed by atoms with Gasteiger partial charge in [0.25, 0.3) is 0 Å². The van der Waals surface area contributed by atoms with Crippen molar-refractivity contribution >= 4 is 63.7 Å². The molecule has 0 radical (unpaired) electrons. The summed E-state index contributed by atoms with van der Waals surface area (Å²) in [6.07, 6.45) is 11.3. The van der Waals surface area contributed by atoms with Gasteiger partial charge in [0.1, 0.15) is 0 Å². The van der Waals surface area contributed by atoms with E-state index in [4.69, 9.17) is 0 Å². The van der Waals surface area contributed by atoms with E-state index in [0.717, 1.165) is 43.0 Å². The van der Waals surface area contributed by atoms with Crippen molar-refractivity contribution < 1.29 is 0 Å². The van der Waals surface area contributed by atoms with Crippen LogP contribution in [0.5, 0.6) is 0 Å². The second kappa shape index (κ2) is 15.7. The molecule has 4 fully saturated rings. The molecule has 0 N–H and O–H groups in total. The third-order valence-electron chi connectivity index (χ3n) is 6.32. The van der Waals surface area contributed by atoms with E-state index in [1.54, 1.807) is 0 Å². The van der Waals surface area contributed by atoms with Crippen LogP contribution >= 0.6 is 63.7 Å². The molecule has 4 aliphatic carbocycles. The maximum Gasteiger partial charge on any atom is 0.0271 e. The summed E-state index contributed by atoms with van der Waals surface area (Å²) >= 11 is 13.9. The summed E-state index contributed by atoms with van der Waals surface area (Å²) in [5.41, 5.74) is 0. The number of hydrogen-bond acceptors (Lipinski definition) is 0. The van der Waals surface area contributed by atoms with Crippen molar-refractivity contribution in [3.63, 3.8) is 0 Å². The molecule has 8 unspecified atom stereocenters. The molecule has 0 spiro atoms. The van der Waals surface area contributed by atoms with E-state index in [1.807, 2.05) is 13.8 Å². The van der Waals surface area contributed by atoms with Crippen molar-refractivity contribution in [3.8, 4) is 0 Å². The topological polar surface area (TPSA) is 0 Å². The van der Waals surface area contributed by atoms with Gasteiger partial charge in [-0.1, -0.05) is 131 Å². The zero-order valence-corrected chi connectivity index (χ0v) is 24.1. The largest absolute Gasteiger partial charge is 0.0879 e. The predicted octanol–water partition coefficient (Wildman–Crippen LogP) is 9.75. The Morgan fingerprint density at radius 3 is 0.538 bits per heavy atom. The number of alkyl halides is 4. The van der Waals surface area contributed by atoms with Crippen molar-refractivity contribution in [1.82, 2.24) is 0 Å². The lowest BCUT2D eigenvalue weighted by molar-refractivity contribution is 0.219. The monoisotopic (exact) mass is 622 g/mol. The Labute approximate surface area is 198 Å². The molecular formula is C22H42Br4. The number of rotatable bonds is 0. The Hall–Kier alpha value is 1.92. The minimum atomic E-state index is 0.762. The Balaban J connectivity index is 0.000000310. The first-order chi connectivity index (χ1) is 12.2. The van der Waals surface area contributed by atoms with Crippen molar-refractivity contribution in [2.75, 3.05) is 0 Å². The van der Waals surface area contributed by atoms with Crippen molar-refractivity contribution in [2.24, 2.45) is 23.7 Å². The molecule has 4 saturated carbocycles. The van der Waals surface area contributed by atoms with Gasteiger partial charge in [0.15, 0.2) is 0 Å². The highest BCUT2D eigenvalue weighted by molar-refractivity contribution is 9.12. The van der Waals surface area contributed by atoms with Crippen molar-refractivity contribution in [1.29, 1.82) is 0 Å². The van der Waals surface area contributed by atoms with Crippen LogP contribution in [0.3, 0.4) is 0 Å². The van der Waals surface area contributed by atoms with Gasteiger partial charge in [-0.3, -0.25) is 0 Å². The van der Waals surface area contributed by atoms with Crippen LogP contribution < -0.4 is 0 Å². The summed E-state index contributed by atoms with van der Waals surface area (Å²) in [7, 11) is 0. The maximum atomic E-state index is 3.48. The first kappa shape index (κ1) is 27.9. The zero-order valence-electron chi connectivity index (χ0n) is 17.8. The quantitative estimate of drug-likeness (QED) is 0.235. The molecule has 158 valence electrons. The molecule has 0 aromatic carbocycles. The molecular weight excluding hydrogens is 584 g/mol. The Kier molecular flexibility index (Phi) is 16.9. The van der Waals surface area contributed by atoms with Gasteiger partial charge in [-0.05, 0) is 49.4 Å². The van der Waals surface area contributed by atoms with Crippen LogP contribution in [0.1, 0.15) is 92.9 Å². The first-order valence-corrected chi connectivity index (χ1v) is 14.4. The van der Waals surface area contributed by atoms with Crippen LogP contribution in [0.4, 0.5) is 0 Å².